The number of H-pyrrole nitrogens is 1. The highest BCUT2D eigenvalue weighted by Gasteiger charge is 2.16. The molecule has 0 unspecified atom stereocenters. The summed E-state index contributed by atoms with van der Waals surface area (Å²) in [6, 6.07) is 6.03. The summed E-state index contributed by atoms with van der Waals surface area (Å²) in [7, 11) is 0. The molecule has 0 spiro atoms. The van der Waals surface area contributed by atoms with Gasteiger partial charge in [0.05, 0.1) is 0 Å². The number of phenols is 2. The summed E-state index contributed by atoms with van der Waals surface area (Å²) in [5.41, 5.74) is 6.95. The van der Waals surface area contributed by atoms with Gasteiger partial charge in [-0.25, -0.2) is 0 Å². The Morgan fingerprint density at radius 1 is 1.35 bits per heavy atom. The molecule has 100 valence electrons. The zero-order valence-electron chi connectivity index (χ0n) is 10.1. The van der Waals surface area contributed by atoms with Crippen molar-refractivity contribution in [2.75, 3.05) is 5.73 Å². The van der Waals surface area contributed by atoms with Gasteiger partial charge in [0.15, 0.2) is 11.5 Å². The van der Waals surface area contributed by atoms with Gasteiger partial charge in [-0.05, 0) is 17.7 Å². The van der Waals surface area contributed by atoms with Crippen molar-refractivity contribution in [1.29, 1.82) is 10.7 Å². The molecule has 20 heavy (non-hydrogen) atoms. The molecule has 1 heterocycles. The van der Waals surface area contributed by atoms with E-state index in [1.165, 1.54) is 18.2 Å². The predicted octanol–water partition coefficient (Wildman–Crippen LogP) is 2.27. The zero-order valence-corrected chi connectivity index (χ0v) is 11.0. The Balaban J connectivity index is 2.91. The van der Waals surface area contributed by atoms with Crippen molar-refractivity contribution in [1.82, 2.24) is 4.98 Å². The van der Waals surface area contributed by atoms with Gasteiger partial charge in [-0.1, -0.05) is 18.3 Å². The first-order valence-electron chi connectivity index (χ1n) is 5.48. The average molecular weight is 286 g/mol. The fraction of sp³-hybridized carbons (Fsp3) is 0. The number of hydrogen-bond donors (Lipinski definition) is 5. The SMILES string of the molecule is N#Cc1c(N)[nH]c(=S)c(C=N)c1-c1ccc(O)c(O)c1. The number of phenolic OH excluding ortho intramolecular Hbond substituents is 2. The lowest BCUT2D eigenvalue weighted by Gasteiger charge is -2.11. The second kappa shape index (κ2) is 5.03. The molecule has 7 heteroatoms. The molecule has 0 atom stereocenters. The third kappa shape index (κ3) is 2.08. The monoisotopic (exact) mass is 286 g/mol. The van der Waals surface area contributed by atoms with Gasteiger partial charge in [0, 0.05) is 17.3 Å². The minimum absolute atomic E-state index is 0.0886. The van der Waals surface area contributed by atoms with E-state index in [4.69, 9.17) is 23.4 Å². The van der Waals surface area contributed by atoms with E-state index in [9.17, 15) is 15.5 Å². The van der Waals surface area contributed by atoms with Crippen LogP contribution in [0, 0.1) is 21.4 Å². The van der Waals surface area contributed by atoms with Gasteiger partial charge < -0.3 is 26.3 Å². The Labute approximate surface area is 119 Å². The Morgan fingerprint density at radius 2 is 2.05 bits per heavy atom. The number of benzene rings is 1. The number of aromatic amines is 1. The van der Waals surface area contributed by atoms with Gasteiger partial charge >= 0.3 is 0 Å². The number of nitrogens with two attached hydrogens (primary N) is 1. The Morgan fingerprint density at radius 3 is 2.60 bits per heavy atom. The summed E-state index contributed by atoms with van der Waals surface area (Å²) in [4.78, 5) is 2.65. The number of nitriles is 1. The molecule has 0 aliphatic rings. The first kappa shape index (κ1) is 13.6. The molecule has 6 N–H and O–H groups in total. The van der Waals surface area contributed by atoms with Crippen LogP contribution < -0.4 is 5.73 Å². The maximum atomic E-state index is 9.57. The van der Waals surface area contributed by atoms with Gasteiger partial charge in [-0.3, -0.25) is 0 Å². The fourth-order valence-electron chi connectivity index (χ4n) is 1.87. The summed E-state index contributed by atoms with van der Waals surface area (Å²) in [5.74, 6) is -0.525. The molecule has 0 fully saturated rings. The summed E-state index contributed by atoms with van der Waals surface area (Å²) in [5, 5.41) is 35.6. The number of nitrogens with zero attached hydrogens (tertiary/aromatic N) is 1. The molecule has 2 aromatic rings. The van der Waals surface area contributed by atoms with Gasteiger partial charge in [0.1, 0.15) is 22.1 Å². The summed E-state index contributed by atoms with van der Waals surface area (Å²) >= 11 is 5.08. The molecule has 0 aliphatic carbocycles. The normalized spacial score (nSPS) is 9.95. The van der Waals surface area contributed by atoms with E-state index in [1.807, 2.05) is 6.07 Å². The van der Waals surface area contributed by atoms with E-state index in [-0.39, 0.29) is 27.5 Å². The number of hydrogen-bond acceptors (Lipinski definition) is 6. The molecule has 0 radical (unpaired) electrons. The number of aromatic nitrogens is 1. The minimum atomic E-state index is -0.334. The standard InChI is InChI=1S/C13H10N4O2S/c14-4-7-11(6-1-2-9(18)10(19)3-6)8(5-15)13(20)17-12(7)16/h1-3,5,15,18-19H,(H3,16,17,20). The van der Waals surface area contributed by atoms with Gasteiger partial charge in [0.2, 0.25) is 0 Å². The quantitative estimate of drug-likeness (QED) is 0.328. The molecule has 0 saturated heterocycles. The van der Waals surface area contributed by atoms with Crippen molar-refractivity contribution in [2.24, 2.45) is 0 Å². The number of pyridine rings is 1. The van der Waals surface area contributed by atoms with Crippen molar-refractivity contribution in [3.63, 3.8) is 0 Å². The van der Waals surface area contributed by atoms with Crippen LogP contribution in [0.2, 0.25) is 0 Å². The third-order valence-electron chi connectivity index (χ3n) is 2.80. The lowest BCUT2D eigenvalue weighted by Crippen LogP contribution is -2.02. The number of nitrogen functional groups attached to an aromatic ring is 1. The van der Waals surface area contributed by atoms with E-state index >= 15 is 0 Å². The van der Waals surface area contributed by atoms with Crippen molar-refractivity contribution >= 4 is 24.3 Å². The topological polar surface area (TPSA) is 130 Å². The summed E-state index contributed by atoms with van der Waals surface area (Å²) in [6.45, 7) is 0. The average Bonchev–Trinajstić information content (AvgIpc) is 2.41. The van der Waals surface area contributed by atoms with Gasteiger partial charge in [-0.2, -0.15) is 5.26 Å². The molecule has 1 aromatic carbocycles. The van der Waals surface area contributed by atoms with Gasteiger partial charge in [0.25, 0.3) is 0 Å². The van der Waals surface area contributed by atoms with E-state index in [2.05, 4.69) is 4.98 Å². The van der Waals surface area contributed by atoms with Crippen molar-refractivity contribution in [2.45, 2.75) is 0 Å². The molecular weight excluding hydrogens is 276 g/mol. The van der Waals surface area contributed by atoms with E-state index in [1.54, 1.807) is 0 Å². The number of rotatable bonds is 2. The van der Waals surface area contributed by atoms with Crippen LogP contribution in [0.25, 0.3) is 11.1 Å². The number of aromatic hydroxyl groups is 2. The lowest BCUT2D eigenvalue weighted by molar-refractivity contribution is 0.404. The molecule has 0 amide bonds. The maximum absolute atomic E-state index is 9.57. The Kier molecular flexibility index (Phi) is 3.41. The highest BCUT2D eigenvalue weighted by atomic mass is 32.1. The summed E-state index contributed by atoms with van der Waals surface area (Å²) in [6.07, 6.45) is 1.01. The van der Waals surface area contributed by atoms with Crippen molar-refractivity contribution in [3.8, 4) is 28.7 Å². The van der Waals surface area contributed by atoms with Crippen LogP contribution in [0.3, 0.4) is 0 Å². The molecule has 2 rings (SSSR count). The largest absolute Gasteiger partial charge is 0.504 e. The van der Waals surface area contributed by atoms with Gasteiger partial charge in [-0.15, -0.1) is 0 Å². The van der Waals surface area contributed by atoms with Crippen LogP contribution in [-0.4, -0.2) is 21.4 Å². The first-order chi connectivity index (χ1) is 9.49. The highest BCUT2D eigenvalue weighted by Crippen LogP contribution is 2.35. The number of anilines is 1. The highest BCUT2D eigenvalue weighted by molar-refractivity contribution is 7.71. The smallest absolute Gasteiger partial charge is 0.158 e. The zero-order chi connectivity index (χ0) is 14.9. The summed E-state index contributed by atoms with van der Waals surface area (Å²) < 4.78 is 0.221. The Hall–Kier alpha value is -2.85. The van der Waals surface area contributed by atoms with Crippen LogP contribution in [0.1, 0.15) is 11.1 Å². The van der Waals surface area contributed by atoms with E-state index < -0.39 is 0 Å². The molecule has 6 nitrogen and oxygen atoms in total. The molecule has 0 bridgehead atoms. The molecular formula is C13H10N4O2S. The van der Waals surface area contributed by atoms with Crippen molar-refractivity contribution < 1.29 is 10.2 Å². The third-order valence-corrected chi connectivity index (χ3v) is 3.12. The maximum Gasteiger partial charge on any atom is 0.158 e. The van der Waals surface area contributed by atoms with Crippen LogP contribution >= 0.6 is 12.2 Å². The predicted molar refractivity (Wildman–Crippen MR) is 77.4 cm³/mol. The van der Waals surface area contributed by atoms with Crippen LogP contribution in [-0.2, 0) is 0 Å². The second-order valence-corrected chi connectivity index (χ2v) is 4.40. The van der Waals surface area contributed by atoms with Crippen LogP contribution in [0.5, 0.6) is 11.5 Å². The van der Waals surface area contributed by atoms with E-state index in [0.29, 0.717) is 16.7 Å². The molecule has 0 aliphatic heterocycles. The Bertz CT molecular complexity index is 805. The molecule has 1 aromatic heterocycles. The second-order valence-electron chi connectivity index (χ2n) is 3.99. The lowest BCUT2D eigenvalue weighted by atomic mass is 9.96. The van der Waals surface area contributed by atoms with E-state index in [0.717, 1.165) is 6.21 Å². The first-order valence-corrected chi connectivity index (χ1v) is 5.89. The molecule has 0 saturated carbocycles. The van der Waals surface area contributed by atoms with Crippen molar-refractivity contribution in [3.05, 3.63) is 34.0 Å². The van der Waals surface area contributed by atoms with Crippen LogP contribution in [0.4, 0.5) is 5.82 Å². The van der Waals surface area contributed by atoms with Crippen LogP contribution in [0.15, 0.2) is 18.2 Å². The minimum Gasteiger partial charge on any atom is -0.504 e. The number of nitrogens with one attached hydrogen (secondary N) is 2. The fourth-order valence-corrected chi connectivity index (χ4v) is 2.14.